The Labute approximate surface area is 102 Å². The van der Waals surface area contributed by atoms with Gasteiger partial charge in [-0.1, -0.05) is 23.7 Å². The van der Waals surface area contributed by atoms with E-state index < -0.39 is 0 Å². The normalized spacial score (nSPS) is 11.1. The molecule has 80 valence electrons. The van der Waals surface area contributed by atoms with E-state index in [-0.39, 0.29) is 0 Å². The van der Waals surface area contributed by atoms with Crippen LogP contribution >= 0.6 is 22.9 Å². The summed E-state index contributed by atoms with van der Waals surface area (Å²) in [5.41, 5.74) is 5.34. The molecule has 0 fully saturated rings. The molecule has 0 aliphatic heterocycles. The molecule has 2 aromatic heterocycles. The summed E-state index contributed by atoms with van der Waals surface area (Å²) >= 11 is 7.63. The van der Waals surface area contributed by atoms with E-state index >= 15 is 0 Å². The van der Waals surface area contributed by atoms with Gasteiger partial charge < -0.3 is 4.98 Å². The third-order valence-corrected chi connectivity index (χ3v) is 3.66. The van der Waals surface area contributed by atoms with Crippen molar-refractivity contribution in [2.75, 3.05) is 0 Å². The zero-order chi connectivity index (χ0) is 11.0. The molecule has 0 spiro atoms. The first-order valence-electron chi connectivity index (χ1n) is 4.97. The summed E-state index contributed by atoms with van der Waals surface area (Å²) in [5, 5.41) is 0.786. The molecule has 0 radical (unpaired) electrons. The second kappa shape index (κ2) is 3.92. The van der Waals surface area contributed by atoms with Gasteiger partial charge in [0, 0.05) is 17.6 Å². The van der Waals surface area contributed by atoms with Crippen LogP contribution in [0, 0.1) is 0 Å². The Morgan fingerprint density at radius 2 is 2.31 bits per heavy atom. The lowest BCUT2D eigenvalue weighted by Gasteiger charge is -1.99. The van der Waals surface area contributed by atoms with E-state index in [1.807, 2.05) is 29.9 Å². The quantitative estimate of drug-likeness (QED) is 0.733. The number of nitrogens with zero attached hydrogens (tertiary/aromatic N) is 1. The molecular formula is C12H9ClN2S. The van der Waals surface area contributed by atoms with Gasteiger partial charge in [0.25, 0.3) is 0 Å². The van der Waals surface area contributed by atoms with Crippen LogP contribution in [0.25, 0.3) is 10.3 Å². The van der Waals surface area contributed by atoms with Crippen molar-refractivity contribution in [3.8, 4) is 0 Å². The second-order valence-electron chi connectivity index (χ2n) is 3.65. The zero-order valence-corrected chi connectivity index (χ0v) is 9.98. The molecule has 4 heteroatoms. The van der Waals surface area contributed by atoms with Crippen LogP contribution in [0.3, 0.4) is 0 Å². The van der Waals surface area contributed by atoms with Crippen LogP contribution in [-0.2, 0) is 6.42 Å². The van der Waals surface area contributed by atoms with E-state index in [1.165, 1.54) is 15.8 Å². The minimum atomic E-state index is 0.786. The number of halogens is 1. The maximum atomic E-state index is 5.96. The van der Waals surface area contributed by atoms with Gasteiger partial charge in [0.2, 0.25) is 0 Å². The molecule has 0 bridgehead atoms. The lowest BCUT2D eigenvalue weighted by Crippen LogP contribution is -1.85. The van der Waals surface area contributed by atoms with Crippen LogP contribution in [0.15, 0.2) is 36.0 Å². The van der Waals surface area contributed by atoms with E-state index in [1.54, 1.807) is 11.3 Å². The van der Waals surface area contributed by atoms with E-state index in [2.05, 4.69) is 16.0 Å². The van der Waals surface area contributed by atoms with Gasteiger partial charge in [0.05, 0.1) is 10.2 Å². The van der Waals surface area contributed by atoms with Gasteiger partial charge >= 0.3 is 0 Å². The van der Waals surface area contributed by atoms with Gasteiger partial charge in [-0.3, -0.25) is 0 Å². The number of aromatic nitrogens is 2. The summed E-state index contributed by atoms with van der Waals surface area (Å²) in [6, 6.07) is 7.96. The van der Waals surface area contributed by atoms with E-state index in [4.69, 9.17) is 11.6 Å². The van der Waals surface area contributed by atoms with Crippen molar-refractivity contribution in [2.24, 2.45) is 0 Å². The third-order valence-electron chi connectivity index (χ3n) is 2.53. The van der Waals surface area contributed by atoms with Gasteiger partial charge in [-0.05, 0) is 23.3 Å². The molecule has 3 rings (SSSR count). The van der Waals surface area contributed by atoms with Crippen LogP contribution in [0.4, 0.5) is 0 Å². The smallest absolute Gasteiger partial charge is 0.148 e. The molecule has 0 unspecified atom stereocenters. The van der Waals surface area contributed by atoms with Crippen molar-refractivity contribution >= 4 is 33.3 Å². The third kappa shape index (κ3) is 1.72. The van der Waals surface area contributed by atoms with Gasteiger partial charge in [-0.2, -0.15) is 0 Å². The van der Waals surface area contributed by atoms with Gasteiger partial charge in [-0.25, -0.2) is 4.98 Å². The Kier molecular flexibility index (Phi) is 2.42. The highest BCUT2D eigenvalue weighted by Crippen LogP contribution is 2.24. The predicted molar refractivity (Wildman–Crippen MR) is 68.2 cm³/mol. The Morgan fingerprint density at radius 3 is 3.19 bits per heavy atom. The summed E-state index contributed by atoms with van der Waals surface area (Å²) in [6.45, 7) is 0. The zero-order valence-electron chi connectivity index (χ0n) is 8.40. The Balaban J connectivity index is 1.98. The van der Waals surface area contributed by atoms with E-state index in [0.717, 1.165) is 17.1 Å². The second-order valence-corrected chi connectivity index (χ2v) is 4.94. The molecule has 0 aliphatic carbocycles. The number of fused-ring (bicyclic) bond motifs is 1. The Morgan fingerprint density at radius 1 is 1.38 bits per heavy atom. The highest BCUT2D eigenvalue weighted by Gasteiger charge is 2.06. The van der Waals surface area contributed by atoms with Crippen molar-refractivity contribution in [2.45, 2.75) is 6.42 Å². The van der Waals surface area contributed by atoms with Crippen molar-refractivity contribution < 1.29 is 0 Å². The van der Waals surface area contributed by atoms with Crippen LogP contribution in [0.2, 0.25) is 5.02 Å². The summed E-state index contributed by atoms with van der Waals surface area (Å²) in [5.74, 6) is 0. The SMILES string of the molecule is Clc1cccc(Cc2c[nH]c3ncsc23)c1. The average molecular weight is 249 g/mol. The van der Waals surface area contributed by atoms with Crippen molar-refractivity contribution in [3.63, 3.8) is 0 Å². The number of H-pyrrole nitrogens is 1. The van der Waals surface area contributed by atoms with Gasteiger partial charge in [-0.15, -0.1) is 11.3 Å². The highest BCUT2D eigenvalue weighted by molar-refractivity contribution is 7.16. The molecule has 0 amide bonds. The number of aromatic amines is 1. The topological polar surface area (TPSA) is 28.7 Å². The molecule has 0 atom stereocenters. The van der Waals surface area contributed by atoms with Crippen molar-refractivity contribution in [1.82, 2.24) is 9.97 Å². The summed E-state index contributed by atoms with van der Waals surface area (Å²) in [4.78, 5) is 7.40. The van der Waals surface area contributed by atoms with Crippen molar-refractivity contribution in [3.05, 3.63) is 52.1 Å². The van der Waals surface area contributed by atoms with Crippen LogP contribution in [0.1, 0.15) is 11.1 Å². The molecule has 0 saturated carbocycles. The first-order chi connectivity index (χ1) is 7.83. The molecular weight excluding hydrogens is 240 g/mol. The van der Waals surface area contributed by atoms with Crippen molar-refractivity contribution in [1.29, 1.82) is 0 Å². The number of hydrogen-bond donors (Lipinski definition) is 1. The molecule has 3 aromatic rings. The maximum absolute atomic E-state index is 5.96. The first kappa shape index (κ1) is 9.87. The predicted octanol–water partition coefficient (Wildman–Crippen LogP) is 3.87. The fourth-order valence-corrected chi connectivity index (χ4v) is 2.78. The monoisotopic (exact) mass is 248 g/mol. The number of thiazole rings is 1. The lowest BCUT2D eigenvalue weighted by molar-refractivity contribution is 1.21. The largest absolute Gasteiger partial charge is 0.345 e. The van der Waals surface area contributed by atoms with Crippen LogP contribution in [0.5, 0.6) is 0 Å². The molecule has 2 nitrogen and oxygen atoms in total. The Hall–Kier alpha value is -1.32. The minimum absolute atomic E-state index is 0.786. The molecule has 0 aliphatic rings. The van der Waals surface area contributed by atoms with Crippen LogP contribution < -0.4 is 0 Å². The number of hydrogen-bond acceptors (Lipinski definition) is 2. The summed E-state index contributed by atoms with van der Waals surface area (Å²) < 4.78 is 1.24. The highest BCUT2D eigenvalue weighted by atomic mass is 35.5. The fraction of sp³-hybridized carbons (Fsp3) is 0.0833. The van der Waals surface area contributed by atoms with E-state index in [9.17, 15) is 0 Å². The average Bonchev–Trinajstić information content (AvgIpc) is 2.83. The van der Waals surface area contributed by atoms with Gasteiger partial charge in [0.1, 0.15) is 5.65 Å². The molecule has 1 aromatic carbocycles. The van der Waals surface area contributed by atoms with Crippen LogP contribution in [-0.4, -0.2) is 9.97 Å². The number of benzene rings is 1. The number of nitrogens with one attached hydrogen (secondary N) is 1. The molecule has 0 saturated heterocycles. The van der Waals surface area contributed by atoms with E-state index in [0.29, 0.717) is 0 Å². The molecule has 1 N–H and O–H groups in total. The number of rotatable bonds is 2. The summed E-state index contributed by atoms with van der Waals surface area (Å²) in [6.07, 6.45) is 2.91. The fourth-order valence-electron chi connectivity index (χ4n) is 1.80. The lowest BCUT2D eigenvalue weighted by atomic mass is 10.1. The Bertz CT molecular complexity index is 627. The summed E-state index contributed by atoms with van der Waals surface area (Å²) in [7, 11) is 0. The standard InChI is InChI=1S/C12H9ClN2S/c13-10-3-1-2-8(5-10)4-9-6-14-12-11(9)16-7-15-12/h1-3,5-7,14H,4H2. The van der Waals surface area contributed by atoms with Gasteiger partial charge in [0.15, 0.2) is 0 Å². The minimum Gasteiger partial charge on any atom is -0.345 e. The first-order valence-corrected chi connectivity index (χ1v) is 6.22. The molecule has 16 heavy (non-hydrogen) atoms. The maximum Gasteiger partial charge on any atom is 0.148 e. The molecule has 2 heterocycles.